The van der Waals surface area contributed by atoms with E-state index in [0.29, 0.717) is 0 Å². The number of nitrogens with two attached hydrogens (primary N) is 1. The van der Waals surface area contributed by atoms with E-state index in [1.807, 2.05) is 13.8 Å². The second-order valence-corrected chi connectivity index (χ2v) is 2.38. The van der Waals surface area contributed by atoms with Gasteiger partial charge in [0.1, 0.15) is 5.78 Å². The maximum absolute atomic E-state index is 10.5. The van der Waals surface area contributed by atoms with Gasteiger partial charge in [0.25, 0.3) is 0 Å². The van der Waals surface area contributed by atoms with E-state index in [0.717, 1.165) is 5.57 Å². The fraction of sp³-hybridized carbons (Fsp3) is 0.571. The number of carbonyl (C=O) groups excluding carboxylic acids is 1. The van der Waals surface area contributed by atoms with Crippen LogP contribution >= 0.6 is 0 Å². The van der Waals surface area contributed by atoms with Crippen LogP contribution in [-0.4, -0.2) is 11.8 Å². The summed E-state index contributed by atoms with van der Waals surface area (Å²) < 4.78 is 0. The summed E-state index contributed by atoms with van der Waals surface area (Å²) in [6.07, 6.45) is 1.75. The van der Waals surface area contributed by atoms with Crippen LogP contribution in [0.25, 0.3) is 0 Å². The first kappa shape index (κ1) is 8.37. The summed E-state index contributed by atoms with van der Waals surface area (Å²) in [7, 11) is 0. The smallest absolute Gasteiger partial charge is 0.150 e. The van der Waals surface area contributed by atoms with Gasteiger partial charge in [0.05, 0.1) is 6.04 Å². The maximum atomic E-state index is 10.5. The predicted molar refractivity (Wildman–Crippen MR) is 38.1 cm³/mol. The number of Topliss-reactive ketones (excluding diaryl/α,β-unsaturated/α-hetero) is 1. The number of carbonyl (C=O) groups is 1. The zero-order valence-electron chi connectivity index (χ0n) is 6.14. The molecule has 0 unspecified atom stereocenters. The van der Waals surface area contributed by atoms with Crippen molar-refractivity contribution in [2.24, 2.45) is 5.73 Å². The topological polar surface area (TPSA) is 43.1 Å². The standard InChI is InChI=1S/C7H13NO/c1-5(2)4-7(8)6(3)9/h4,7H,8H2,1-3H3/t7-/m0/s1. The van der Waals surface area contributed by atoms with Crippen molar-refractivity contribution in [2.45, 2.75) is 26.8 Å². The lowest BCUT2D eigenvalue weighted by Gasteiger charge is -1.99. The van der Waals surface area contributed by atoms with Crippen molar-refractivity contribution >= 4 is 5.78 Å². The Balaban J connectivity index is 3.91. The SMILES string of the molecule is CC(=O)[C@@H](N)C=C(C)C. The van der Waals surface area contributed by atoms with Gasteiger partial charge < -0.3 is 5.73 Å². The Kier molecular flexibility index (Phi) is 3.17. The molecule has 0 aromatic heterocycles. The number of hydrogen-bond donors (Lipinski definition) is 1. The van der Waals surface area contributed by atoms with Crippen molar-refractivity contribution in [1.29, 1.82) is 0 Å². The van der Waals surface area contributed by atoms with E-state index in [1.54, 1.807) is 6.08 Å². The van der Waals surface area contributed by atoms with Gasteiger partial charge >= 0.3 is 0 Å². The fourth-order valence-electron chi connectivity index (χ4n) is 0.476. The molecule has 0 spiro atoms. The third-order valence-electron chi connectivity index (χ3n) is 0.982. The fourth-order valence-corrected chi connectivity index (χ4v) is 0.476. The Morgan fingerprint density at radius 2 is 1.89 bits per heavy atom. The van der Waals surface area contributed by atoms with Crippen LogP contribution in [0.4, 0.5) is 0 Å². The molecule has 0 aromatic carbocycles. The van der Waals surface area contributed by atoms with Crippen molar-refractivity contribution in [2.75, 3.05) is 0 Å². The van der Waals surface area contributed by atoms with Crippen LogP contribution < -0.4 is 5.73 Å². The lowest BCUT2D eigenvalue weighted by molar-refractivity contribution is -0.117. The molecule has 0 aliphatic rings. The minimum absolute atomic E-state index is 0.0104. The quantitative estimate of drug-likeness (QED) is 0.559. The highest BCUT2D eigenvalue weighted by atomic mass is 16.1. The predicted octanol–water partition coefficient (Wildman–Crippen LogP) is 0.869. The Morgan fingerprint density at radius 1 is 1.44 bits per heavy atom. The molecule has 0 aliphatic carbocycles. The normalized spacial score (nSPS) is 12.4. The van der Waals surface area contributed by atoms with E-state index in [-0.39, 0.29) is 5.78 Å². The van der Waals surface area contributed by atoms with Crippen LogP contribution in [0.3, 0.4) is 0 Å². The number of allylic oxidation sites excluding steroid dienone is 1. The van der Waals surface area contributed by atoms with Gasteiger partial charge in [0.2, 0.25) is 0 Å². The zero-order valence-corrected chi connectivity index (χ0v) is 6.14. The number of rotatable bonds is 2. The monoisotopic (exact) mass is 127 g/mol. The molecular formula is C7H13NO. The molecule has 0 rings (SSSR count). The highest BCUT2D eigenvalue weighted by Gasteiger charge is 2.01. The Bertz CT molecular complexity index is 134. The van der Waals surface area contributed by atoms with Crippen molar-refractivity contribution in [3.05, 3.63) is 11.6 Å². The molecule has 0 bridgehead atoms. The third-order valence-corrected chi connectivity index (χ3v) is 0.982. The van der Waals surface area contributed by atoms with Crippen LogP contribution in [0.15, 0.2) is 11.6 Å². The summed E-state index contributed by atoms with van der Waals surface area (Å²) in [5.41, 5.74) is 6.47. The first-order chi connectivity index (χ1) is 4.04. The molecule has 0 fully saturated rings. The van der Waals surface area contributed by atoms with E-state index in [9.17, 15) is 4.79 Å². The Hall–Kier alpha value is -0.630. The molecule has 0 aliphatic heterocycles. The van der Waals surface area contributed by atoms with Gasteiger partial charge in [-0.3, -0.25) is 4.79 Å². The molecular weight excluding hydrogens is 114 g/mol. The van der Waals surface area contributed by atoms with Crippen LogP contribution in [0.1, 0.15) is 20.8 Å². The molecule has 2 heteroatoms. The summed E-state index contributed by atoms with van der Waals surface area (Å²) in [6, 6.07) is -0.407. The van der Waals surface area contributed by atoms with Crippen molar-refractivity contribution in [3.8, 4) is 0 Å². The summed E-state index contributed by atoms with van der Waals surface area (Å²) in [4.78, 5) is 10.5. The van der Waals surface area contributed by atoms with Crippen molar-refractivity contribution in [1.82, 2.24) is 0 Å². The van der Waals surface area contributed by atoms with E-state index in [4.69, 9.17) is 5.73 Å². The number of ketones is 1. The third kappa shape index (κ3) is 3.91. The van der Waals surface area contributed by atoms with Crippen LogP contribution in [-0.2, 0) is 4.79 Å². The van der Waals surface area contributed by atoms with Gasteiger partial charge in [-0.2, -0.15) is 0 Å². The lowest BCUT2D eigenvalue weighted by Crippen LogP contribution is -2.25. The van der Waals surface area contributed by atoms with Crippen molar-refractivity contribution in [3.63, 3.8) is 0 Å². The summed E-state index contributed by atoms with van der Waals surface area (Å²) in [5.74, 6) is 0.0104. The van der Waals surface area contributed by atoms with Gasteiger partial charge in [-0.25, -0.2) is 0 Å². The van der Waals surface area contributed by atoms with Gasteiger partial charge in [0.15, 0.2) is 0 Å². The van der Waals surface area contributed by atoms with E-state index >= 15 is 0 Å². The largest absolute Gasteiger partial charge is 0.318 e. The minimum Gasteiger partial charge on any atom is -0.318 e. The highest BCUT2D eigenvalue weighted by molar-refractivity contribution is 5.83. The zero-order chi connectivity index (χ0) is 7.44. The summed E-state index contributed by atoms with van der Waals surface area (Å²) in [5, 5.41) is 0. The second-order valence-electron chi connectivity index (χ2n) is 2.38. The molecule has 2 nitrogen and oxygen atoms in total. The first-order valence-corrected chi connectivity index (χ1v) is 2.95. The molecule has 52 valence electrons. The lowest BCUT2D eigenvalue weighted by atomic mass is 10.1. The minimum atomic E-state index is -0.407. The van der Waals surface area contributed by atoms with Gasteiger partial charge in [-0.05, 0) is 20.8 Å². The molecule has 0 aromatic rings. The molecule has 0 radical (unpaired) electrons. The Labute approximate surface area is 55.7 Å². The van der Waals surface area contributed by atoms with Gasteiger partial charge in [-0.1, -0.05) is 11.6 Å². The average Bonchev–Trinajstić information content (AvgIpc) is 1.63. The first-order valence-electron chi connectivity index (χ1n) is 2.95. The molecule has 1 atom stereocenters. The van der Waals surface area contributed by atoms with Crippen LogP contribution in [0, 0.1) is 0 Å². The summed E-state index contributed by atoms with van der Waals surface area (Å²) >= 11 is 0. The molecule has 0 saturated carbocycles. The van der Waals surface area contributed by atoms with Crippen LogP contribution in [0.2, 0.25) is 0 Å². The number of hydrogen-bond acceptors (Lipinski definition) is 2. The second kappa shape index (κ2) is 3.41. The molecule has 0 amide bonds. The van der Waals surface area contributed by atoms with E-state index in [1.165, 1.54) is 6.92 Å². The van der Waals surface area contributed by atoms with Crippen molar-refractivity contribution < 1.29 is 4.79 Å². The molecule has 0 heterocycles. The highest BCUT2D eigenvalue weighted by Crippen LogP contribution is 1.91. The van der Waals surface area contributed by atoms with Crippen LogP contribution in [0.5, 0.6) is 0 Å². The van der Waals surface area contributed by atoms with E-state index < -0.39 is 6.04 Å². The maximum Gasteiger partial charge on any atom is 0.150 e. The molecule has 0 saturated heterocycles. The van der Waals surface area contributed by atoms with E-state index in [2.05, 4.69) is 0 Å². The average molecular weight is 127 g/mol. The molecule has 2 N–H and O–H groups in total. The van der Waals surface area contributed by atoms with Gasteiger partial charge in [0, 0.05) is 0 Å². The molecule has 9 heavy (non-hydrogen) atoms. The summed E-state index contributed by atoms with van der Waals surface area (Å²) in [6.45, 7) is 5.33. The Morgan fingerprint density at radius 3 is 2.00 bits per heavy atom. The van der Waals surface area contributed by atoms with Gasteiger partial charge in [-0.15, -0.1) is 0 Å².